The second-order valence-corrected chi connectivity index (χ2v) is 6.40. The Hall–Kier alpha value is -1.36. The van der Waals surface area contributed by atoms with Crippen molar-refractivity contribution in [2.24, 2.45) is 0 Å². The molecule has 0 atom stereocenters. The zero-order chi connectivity index (χ0) is 13.6. The lowest BCUT2D eigenvalue weighted by Crippen LogP contribution is -2.43. The van der Waals surface area contributed by atoms with E-state index in [9.17, 15) is 9.59 Å². The fourth-order valence-electron chi connectivity index (χ4n) is 1.23. The quantitative estimate of drug-likeness (QED) is 0.811. The second-order valence-electron chi connectivity index (χ2n) is 4.42. The van der Waals surface area contributed by atoms with Gasteiger partial charge in [0.1, 0.15) is 0 Å². The first-order chi connectivity index (χ1) is 8.39. The van der Waals surface area contributed by atoms with Gasteiger partial charge in [-0.2, -0.15) is 0 Å². The molecular formula is C13H17BrN2O2. The minimum atomic E-state index is -0.660. The van der Waals surface area contributed by atoms with Crippen LogP contribution in [0.1, 0.15) is 19.4 Å². The summed E-state index contributed by atoms with van der Waals surface area (Å²) in [5, 5.41) is 5.30. The second kappa shape index (κ2) is 6.54. The van der Waals surface area contributed by atoms with Gasteiger partial charge in [0, 0.05) is 6.54 Å². The molecule has 5 heteroatoms. The van der Waals surface area contributed by atoms with Crippen LogP contribution >= 0.6 is 15.9 Å². The Morgan fingerprint density at radius 3 is 2.33 bits per heavy atom. The van der Waals surface area contributed by atoms with Crippen LogP contribution in [0.5, 0.6) is 0 Å². The van der Waals surface area contributed by atoms with Gasteiger partial charge in [0.05, 0.1) is 10.9 Å². The van der Waals surface area contributed by atoms with Gasteiger partial charge in [-0.15, -0.1) is 0 Å². The summed E-state index contributed by atoms with van der Waals surface area (Å²) in [7, 11) is 0. The van der Waals surface area contributed by atoms with Gasteiger partial charge in [-0.05, 0) is 19.4 Å². The maximum atomic E-state index is 11.5. The fourth-order valence-corrected chi connectivity index (χ4v) is 1.37. The average molecular weight is 313 g/mol. The predicted octanol–water partition coefficient (Wildman–Crippen LogP) is 1.59. The summed E-state index contributed by atoms with van der Waals surface area (Å²) in [4.78, 5) is 23.0. The summed E-state index contributed by atoms with van der Waals surface area (Å²) < 4.78 is -0.660. The van der Waals surface area contributed by atoms with Crippen LogP contribution in [-0.4, -0.2) is 22.7 Å². The Morgan fingerprint density at radius 2 is 1.78 bits per heavy atom. The van der Waals surface area contributed by atoms with Crippen molar-refractivity contribution in [3.8, 4) is 0 Å². The van der Waals surface area contributed by atoms with Crippen molar-refractivity contribution in [3.63, 3.8) is 0 Å². The van der Waals surface area contributed by atoms with E-state index in [1.165, 1.54) is 0 Å². The molecule has 98 valence electrons. The summed E-state index contributed by atoms with van der Waals surface area (Å²) >= 11 is 3.23. The lowest BCUT2D eigenvalue weighted by atomic mass is 10.2. The van der Waals surface area contributed by atoms with Crippen molar-refractivity contribution in [2.75, 3.05) is 6.54 Å². The summed E-state index contributed by atoms with van der Waals surface area (Å²) in [6.07, 6.45) is 0. The average Bonchev–Trinajstić information content (AvgIpc) is 2.33. The van der Waals surface area contributed by atoms with Gasteiger partial charge >= 0.3 is 0 Å². The zero-order valence-corrected chi connectivity index (χ0v) is 12.1. The molecular weight excluding hydrogens is 296 g/mol. The van der Waals surface area contributed by atoms with Crippen LogP contribution in [-0.2, 0) is 16.1 Å². The third-order valence-electron chi connectivity index (χ3n) is 2.28. The number of carbonyl (C=O) groups is 2. The van der Waals surface area contributed by atoms with Gasteiger partial charge in [0.2, 0.25) is 11.8 Å². The first-order valence-electron chi connectivity index (χ1n) is 5.67. The van der Waals surface area contributed by atoms with E-state index in [0.29, 0.717) is 6.54 Å². The van der Waals surface area contributed by atoms with Crippen molar-refractivity contribution in [1.82, 2.24) is 10.6 Å². The summed E-state index contributed by atoms with van der Waals surface area (Å²) in [5.74, 6) is -0.415. The zero-order valence-electron chi connectivity index (χ0n) is 10.5. The Labute approximate surface area is 115 Å². The highest BCUT2D eigenvalue weighted by molar-refractivity contribution is 9.10. The van der Waals surface area contributed by atoms with Crippen molar-refractivity contribution >= 4 is 27.7 Å². The maximum absolute atomic E-state index is 11.5. The molecule has 18 heavy (non-hydrogen) atoms. The van der Waals surface area contributed by atoms with Gasteiger partial charge in [0.15, 0.2) is 0 Å². The lowest BCUT2D eigenvalue weighted by molar-refractivity contribution is -0.126. The van der Waals surface area contributed by atoms with Crippen LogP contribution in [0.25, 0.3) is 0 Å². The van der Waals surface area contributed by atoms with E-state index in [1.807, 2.05) is 30.3 Å². The van der Waals surface area contributed by atoms with Gasteiger partial charge in [-0.25, -0.2) is 0 Å². The number of alkyl halides is 1. The molecule has 0 aliphatic heterocycles. The molecule has 0 unspecified atom stereocenters. The maximum Gasteiger partial charge on any atom is 0.239 e. The van der Waals surface area contributed by atoms with E-state index in [2.05, 4.69) is 26.6 Å². The number of nitrogens with one attached hydrogen (secondary N) is 2. The van der Waals surface area contributed by atoms with E-state index >= 15 is 0 Å². The summed E-state index contributed by atoms with van der Waals surface area (Å²) in [6, 6.07) is 9.61. The number of halogens is 1. The Bertz CT molecular complexity index is 413. The van der Waals surface area contributed by atoms with E-state index in [4.69, 9.17) is 0 Å². The molecule has 0 fully saturated rings. The summed E-state index contributed by atoms with van der Waals surface area (Å²) in [5.41, 5.74) is 1.03. The van der Waals surface area contributed by atoms with Crippen molar-refractivity contribution < 1.29 is 9.59 Å². The molecule has 0 bridgehead atoms. The van der Waals surface area contributed by atoms with E-state index in [0.717, 1.165) is 5.56 Å². The minimum absolute atomic E-state index is 0.0132. The molecule has 1 aromatic rings. The van der Waals surface area contributed by atoms with Gasteiger partial charge in [-0.1, -0.05) is 46.3 Å². The van der Waals surface area contributed by atoms with Crippen LogP contribution in [0.2, 0.25) is 0 Å². The Kier molecular flexibility index (Phi) is 5.34. The first-order valence-corrected chi connectivity index (χ1v) is 6.47. The molecule has 0 aliphatic rings. The standard InChI is InChI=1S/C13H17BrN2O2/c1-13(2,14)12(18)16-9-11(17)15-8-10-6-4-3-5-7-10/h3-7H,8-9H2,1-2H3,(H,15,17)(H,16,18). The number of carbonyl (C=O) groups excluding carboxylic acids is 2. The Balaban J connectivity index is 2.29. The molecule has 1 aromatic carbocycles. The Morgan fingerprint density at radius 1 is 1.17 bits per heavy atom. The van der Waals surface area contributed by atoms with Crippen LogP contribution in [0.15, 0.2) is 30.3 Å². The molecule has 0 heterocycles. The van der Waals surface area contributed by atoms with Crippen LogP contribution in [0, 0.1) is 0 Å². The van der Waals surface area contributed by atoms with Gasteiger partial charge < -0.3 is 10.6 Å². The van der Waals surface area contributed by atoms with Gasteiger partial charge in [0.25, 0.3) is 0 Å². The number of rotatable bonds is 5. The molecule has 0 radical (unpaired) electrons. The smallest absolute Gasteiger partial charge is 0.239 e. The first kappa shape index (κ1) is 14.7. The molecule has 0 spiro atoms. The monoisotopic (exact) mass is 312 g/mol. The molecule has 2 N–H and O–H groups in total. The SMILES string of the molecule is CC(C)(Br)C(=O)NCC(=O)NCc1ccccc1. The molecule has 0 saturated heterocycles. The highest BCUT2D eigenvalue weighted by Crippen LogP contribution is 2.14. The lowest BCUT2D eigenvalue weighted by Gasteiger charge is -2.15. The third-order valence-corrected chi connectivity index (χ3v) is 2.64. The number of amides is 2. The number of benzene rings is 1. The fraction of sp³-hybridized carbons (Fsp3) is 0.385. The largest absolute Gasteiger partial charge is 0.350 e. The van der Waals surface area contributed by atoms with E-state index in [-0.39, 0.29) is 18.4 Å². The number of hydrogen-bond donors (Lipinski definition) is 2. The van der Waals surface area contributed by atoms with Crippen LogP contribution < -0.4 is 10.6 Å². The van der Waals surface area contributed by atoms with Crippen LogP contribution in [0.3, 0.4) is 0 Å². The molecule has 0 aromatic heterocycles. The molecule has 2 amide bonds. The third kappa shape index (κ3) is 5.31. The highest BCUT2D eigenvalue weighted by Gasteiger charge is 2.23. The van der Waals surface area contributed by atoms with Gasteiger partial charge in [-0.3, -0.25) is 9.59 Å². The molecule has 0 saturated carbocycles. The van der Waals surface area contributed by atoms with Crippen molar-refractivity contribution in [3.05, 3.63) is 35.9 Å². The topological polar surface area (TPSA) is 58.2 Å². The number of hydrogen-bond acceptors (Lipinski definition) is 2. The molecule has 0 aliphatic carbocycles. The molecule has 4 nitrogen and oxygen atoms in total. The highest BCUT2D eigenvalue weighted by atomic mass is 79.9. The minimum Gasteiger partial charge on any atom is -0.350 e. The van der Waals surface area contributed by atoms with Crippen LogP contribution in [0.4, 0.5) is 0 Å². The predicted molar refractivity (Wildman–Crippen MR) is 74.3 cm³/mol. The molecule has 1 rings (SSSR count). The normalized spacial score (nSPS) is 10.8. The van der Waals surface area contributed by atoms with Crippen molar-refractivity contribution in [2.45, 2.75) is 24.7 Å². The van der Waals surface area contributed by atoms with E-state index < -0.39 is 4.32 Å². The van der Waals surface area contributed by atoms with Crippen molar-refractivity contribution in [1.29, 1.82) is 0 Å². The summed E-state index contributed by atoms with van der Waals surface area (Å²) in [6.45, 7) is 3.91. The van der Waals surface area contributed by atoms with E-state index in [1.54, 1.807) is 13.8 Å².